The smallest absolute Gasteiger partial charge is 0.425 e. The quantitative estimate of drug-likeness (QED) is 0.155. The summed E-state index contributed by atoms with van der Waals surface area (Å²) in [6, 6.07) is 8.61. The minimum absolute atomic E-state index is 0.0506. The number of halogens is 7. The van der Waals surface area contributed by atoms with Crippen molar-refractivity contribution in [2.75, 3.05) is 26.2 Å². The Labute approximate surface area is 316 Å². The molecule has 298 valence electrons. The van der Waals surface area contributed by atoms with Crippen LogP contribution in [0.15, 0.2) is 48.0 Å². The van der Waals surface area contributed by atoms with Crippen LogP contribution in [0.2, 0.25) is 0 Å². The van der Waals surface area contributed by atoms with E-state index in [9.17, 15) is 50.4 Å². The number of alkyl halides is 6. The lowest BCUT2D eigenvalue weighted by Crippen LogP contribution is -2.55. The zero-order chi connectivity index (χ0) is 40.6. The fourth-order valence-electron chi connectivity index (χ4n) is 6.88. The molecule has 0 radical (unpaired) electrons. The third-order valence-corrected chi connectivity index (χ3v) is 10.5. The normalized spacial score (nSPS) is 18.5. The zero-order valence-corrected chi connectivity index (χ0v) is 30.4. The number of aromatic nitrogens is 1. The van der Waals surface area contributed by atoms with Gasteiger partial charge in [0.15, 0.2) is 11.6 Å². The van der Waals surface area contributed by atoms with Crippen molar-refractivity contribution < 1.29 is 60.1 Å². The molecular formula is C37H39F7N4O6S. The number of aromatic hydroxyl groups is 1. The highest BCUT2D eigenvalue weighted by Crippen LogP contribution is 2.42. The third kappa shape index (κ3) is 10.4. The van der Waals surface area contributed by atoms with Crippen LogP contribution in [-0.4, -0.2) is 75.1 Å². The molecule has 2 atom stereocenters. The number of carboxylic acid groups (broad SMARTS) is 1. The molecule has 2 N–H and O–H groups in total. The summed E-state index contributed by atoms with van der Waals surface area (Å²) in [4.78, 5) is 44.2. The molecule has 0 spiro atoms. The molecule has 3 aromatic rings. The van der Waals surface area contributed by atoms with Crippen molar-refractivity contribution in [1.82, 2.24) is 14.8 Å². The van der Waals surface area contributed by atoms with Gasteiger partial charge in [0.05, 0.1) is 29.6 Å². The highest BCUT2D eigenvalue weighted by molar-refractivity contribution is 7.10. The fourth-order valence-corrected chi connectivity index (χ4v) is 7.52. The number of rotatable bonds is 10. The van der Waals surface area contributed by atoms with Gasteiger partial charge in [0.2, 0.25) is 5.91 Å². The second-order valence-corrected chi connectivity index (χ2v) is 14.1. The number of thiophene rings is 1. The van der Waals surface area contributed by atoms with E-state index in [2.05, 4.69) is 11.1 Å². The van der Waals surface area contributed by atoms with Gasteiger partial charge in [0.1, 0.15) is 16.3 Å². The van der Waals surface area contributed by atoms with Crippen LogP contribution >= 0.6 is 11.3 Å². The van der Waals surface area contributed by atoms with E-state index in [1.165, 1.54) is 17.0 Å². The Morgan fingerprint density at radius 3 is 2.35 bits per heavy atom. The average Bonchev–Trinajstić information content (AvgIpc) is 3.60. The van der Waals surface area contributed by atoms with Crippen molar-refractivity contribution in [3.8, 4) is 17.6 Å². The van der Waals surface area contributed by atoms with E-state index in [0.717, 1.165) is 23.7 Å². The van der Waals surface area contributed by atoms with Gasteiger partial charge in [0, 0.05) is 55.3 Å². The molecule has 0 bridgehead atoms. The molecule has 2 amide bonds. The number of carbonyl (C=O) groups excluding carboxylic acids is 2. The number of piperidine rings is 2. The van der Waals surface area contributed by atoms with Crippen molar-refractivity contribution in [1.29, 1.82) is 5.26 Å². The first-order valence-electron chi connectivity index (χ1n) is 17.4. The van der Waals surface area contributed by atoms with Gasteiger partial charge in [-0.25, -0.2) is 4.39 Å². The van der Waals surface area contributed by atoms with Gasteiger partial charge < -0.3 is 24.7 Å². The number of aliphatic carboxylic acids is 1. The minimum Gasteiger partial charge on any atom is -0.507 e. The van der Waals surface area contributed by atoms with Gasteiger partial charge in [-0.1, -0.05) is 25.5 Å². The van der Waals surface area contributed by atoms with E-state index >= 15 is 0 Å². The van der Waals surface area contributed by atoms with E-state index < -0.39 is 63.6 Å². The number of likely N-dealkylation sites (tertiary alicyclic amines) is 2. The number of ether oxygens (including phenoxy) is 1. The van der Waals surface area contributed by atoms with Crippen LogP contribution in [0, 0.1) is 23.1 Å². The summed E-state index contributed by atoms with van der Waals surface area (Å²) < 4.78 is 96.7. The van der Waals surface area contributed by atoms with Gasteiger partial charge in [-0.05, 0) is 56.7 Å². The number of benzene rings is 1. The van der Waals surface area contributed by atoms with Crippen LogP contribution in [-0.2, 0) is 27.4 Å². The first-order valence-corrected chi connectivity index (χ1v) is 18.3. The number of para-hydroxylation sites is 1. The number of pyridine rings is 1. The second-order valence-electron chi connectivity index (χ2n) is 13.1. The summed E-state index contributed by atoms with van der Waals surface area (Å²) in [6.45, 7) is 2.37. The predicted octanol–water partition coefficient (Wildman–Crippen LogP) is 8.06. The highest BCUT2D eigenvalue weighted by Gasteiger charge is 2.46. The SMILES string of the molecule is CCCC1C(C(=O)N2CCC(C#N)(c3cccc(F)c3OCCCC(=O)O)CC2)CCCN1C(=O)c1ncccc1C(F)(F)F.Oc1csc(C(F)(F)F)c1. The third-order valence-electron chi connectivity index (χ3n) is 9.53. The number of hydrogen-bond donors (Lipinski definition) is 2. The summed E-state index contributed by atoms with van der Waals surface area (Å²) in [7, 11) is 0. The Morgan fingerprint density at radius 1 is 1.07 bits per heavy atom. The Balaban J connectivity index is 0.000000583. The molecule has 2 fully saturated rings. The summed E-state index contributed by atoms with van der Waals surface area (Å²) in [5, 5.41) is 28.7. The lowest BCUT2D eigenvalue weighted by molar-refractivity contribution is -0.141. The maximum absolute atomic E-state index is 14.9. The van der Waals surface area contributed by atoms with E-state index in [4.69, 9.17) is 14.9 Å². The van der Waals surface area contributed by atoms with Crippen LogP contribution in [0.25, 0.3) is 0 Å². The van der Waals surface area contributed by atoms with Gasteiger partial charge >= 0.3 is 18.3 Å². The zero-order valence-electron chi connectivity index (χ0n) is 29.6. The van der Waals surface area contributed by atoms with Gasteiger partial charge in [-0.3, -0.25) is 19.4 Å². The molecular weight excluding hydrogens is 761 g/mol. The number of amides is 2. The van der Waals surface area contributed by atoms with Gasteiger partial charge in [-0.2, -0.15) is 31.6 Å². The Kier molecular flexibility index (Phi) is 14.1. The second kappa shape index (κ2) is 18.1. The molecule has 1 aromatic carbocycles. The Morgan fingerprint density at radius 2 is 1.78 bits per heavy atom. The maximum Gasteiger partial charge on any atom is 0.425 e. The van der Waals surface area contributed by atoms with Gasteiger partial charge in [-0.15, -0.1) is 11.3 Å². The van der Waals surface area contributed by atoms with Crippen molar-refractivity contribution in [2.24, 2.45) is 5.92 Å². The number of nitrogens with zero attached hydrogens (tertiary/aromatic N) is 4. The van der Waals surface area contributed by atoms with Crippen molar-refractivity contribution in [2.45, 2.75) is 82.1 Å². The fraction of sp³-hybridized carbons (Fsp3) is 0.486. The molecule has 55 heavy (non-hydrogen) atoms. The van der Waals surface area contributed by atoms with Crippen LogP contribution < -0.4 is 4.74 Å². The summed E-state index contributed by atoms with van der Waals surface area (Å²) in [5.74, 6) is -3.86. The number of carboxylic acids is 1. The number of nitriles is 1. The first kappa shape index (κ1) is 42.8. The van der Waals surface area contributed by atoms with Crippen LogP contribution in [0.4, 0.5) is 30.7 Å². The van der Waals surface area contributed by atoms with Gasteiger partial charge in [0.25, 0.3) is 5.91 Å². The Hall–Kier alpha value is -4.92. The molecule has 10 nitrogen and oxygen atoms in total. The molecule has 0 aliphatic carbocycles. The standard InChI is InChI=1S/C32H36F4N4O5.C5H3F3OS/c1-2-7-25-21(8-5-16-40(25)30(44)27-22(32(34,35)36)10-4-15-38-27)29(43)39-17-13-31(20-37,14-18-39)23-9-3-11-24(33)28(23)45-19-6-12-26(41)42;6-5(7,8)4-1-3(9)2-10-4/h3-4,9-11,15,21,25H,2,5-8,12-14,16-19H2,1H3,(H,41,42);1-2,9H. The molecule has 18 heteroatoms. The Bertz CT molecular complexity index is 1850. The van der Waals surface area contributed by atoms with E-state index in [1.54, 1.807) is 11.0 Å². The molecule has 4 heterocycles. The first-order chi connectivity index (χ1) is 25.9. The molecule has 0 saturated carbocycles. The highest BCUT2D eigenvalue weighted by atomic mass is 32.1. The molecule has 2 aliphatic heterocycles. The molecule has 5 rings (SSSR count). The maximum atomic E-state index is 14.9. The molecule has 2 unspecified atom stereocenters. The molecule has 2 aromatic heterocycles. The van der Waals surface area contributed by atoms with Crippen LogP contribution in [0.5, 0.6) is 11.5 Å². The van der Waals surface area contributed by atoms with Crippen LogP contribution in [0.3, 0.4) is 0 Å². The monoisotopic (exact) mass is 800 g/mol. The van der Waals surface area contributed by atoms with E-state index in [1.807, 2.05) is 6.92 Å². The summed E-state index contributed by atoms with van der Waals surface area (Å²) in [6.07, 6.45) is -5.69. The lowest BCUT2D eigenvalue weighted by atomic mass is 9.73. The van der Waals surface area contributed by atoms with E-state index in [-0.39, 0.29) is 69.3 Å². The van der Waals surface area contributed by atoms with E-state index in [0.29, 0.717) is 48.6 Å². The average molecular weight is 801 g/mol. The summed E-state index contributed by atoms with van der Waals surface area (Å²) >= 11 is 0.481. The minimum atomic E-state index is -4.77. The van der Waals surface area contributed by atoms with Crippen molar-refractivity contribution >= 4 is 29.1 Å². The number of carbonyl (C=O) groups is 3. The number of hydrogen-bond acceptors (Lipinski definition) is 8. The van der Waals surface area contributed by atoms with Crippen molar-refractivity contribution in [3.05, 3.63) is 75.5 Å². The molecule has 2 saturated heterocycles. The predicted molar refractivity (Wildman–Crippen MR) is 185 cm³/mol. The largest absolute Gasteiger partial charge is 0.507 e. The summed E-state index contributed by atoms with van der Waals surface area (Å²) in [5.41, 5.74) is -2.63. The molecule has 2 aliphatic rings. The van der Waals surface area contributed by atoms with Crippen LogP contribution in [0.1, 0.15) is 84.8 Å². The topological polar surface area (TPSA) is 144 Å². The van der Waals surface area contributed by atoms with Crippen molar-refractivity contribution in [3.63, 3.8) is 0 Å². The lowest BCUT2D eigenvalue weighted by Gasteiger charge is -2.44.